The molecule has 1 aliphatic rings. The number of para-hydroxylation sites is 2. The maximum Gasteiger partial charge on any atom is 0.318 e. The Morgan fingerprint density at radius 3 is 2.52 bits per heavy atom. The number of nitrogens with one attached hydrogen (secondary N) is 4. The summed E-state index contributed by atoms with van der Waals surface area (Å²) in [4.78, 5) is 43.8. The van der Waals surface area contributed by atoms with Crippen molar-refractivity contribution >= 4 is 46.8 Å². The van der Waals surface area contributed by atoms with Crippen LogP contribution in [0, 0.1) is 0 Å². The molecule has 1 aromatic heterocycles. The lowest BCUT2D eigenvalue weighted by Crippen LogP contribution is -2.57. The Hall–Kier alpha value is -4.34. The minimum Gasteiger partial charge on any atom is -0.361 e. The van der Waals surface area contributed by atoms with Gasteiger partial charge in [-0.25, -0.2) is 4.79 Å². The molecule has 4 amide bonds. The first-order chi connectivity index (χ1) is 19.6. The number of nitrogens with two attached hydrogens (primary N) is 1. The number of hydrogen-bond acceptors (Lipinski definition) is 4. The zero-order valence-corrected chi connectivity index (χ0v) is 24.8. The lowest BCUT2D eigenvalue weighted by molar-refractivity contribution is -0.138. The van der Waals surface area contributed by atoms with Crippen molar-refractivity contribution in [2.75, 3.05) is 18.9 Å². The van der Waals surface area contributed by atoms with Crippen LogP contribution in [0.1, 0.15) is 30.5 Å². The molecule has 10 heteroatoms. The van der Waals surface area contributed by atoms with E-state index in [4.69, 9.17) is 5.73 Å². The van der Waals surface area contributed by atoms with Crippen molar-refractivity contribution in [3.8, 4) is 11.1 Å². The SMILES string of the molecule is CNC(=O)Nc1ccccc1-c1ccc2c(c1)CCN(C(=O)[C@@H](Cc1c[nH]c3ccccc13)NC(=O)C(C)(C)N)C2.Cl. The standard InChI is InChI=1S/C32H36N6O3.ClH/c1-32(2,33)30(40)36-28(17-23-18-35-26-10-6-4-9-25(23)26)29(39)38-15-14-20-16-21(12-13-22(20)19-38)24-8-5-7-11-27(24)37-31(41)34-3;/h4-13,16,18,28,35H,14-15,17,19,33H2,1-3H3,(H,36,40)(H2,34,37,41);1H/t28-;/m1./s1. The van der Waals surface area contributed by atoms with Crippen LogP contribution < -0.4 is 21.7 Å². The monoisotopic (exact) mass is 588 g/mol. The molecule has 2 heterocycles. The third-order valence-electron chi connectivity index (χ3n) is 7.53. The van der Waals surface area contributed by atoms with Gasteiger partial charge in [-0.2, -0.15) is 0 Å². The van der Waals surface area contributed by atoms with Gasteiger partial charge in [-0.3, -0.25) is 9.59 Å². The van der Waals surface area contributed by atoms with Crippen LogP contribution in [0.5, 0.6) is 0 Å². The Morgan fingerprint density at radius 1 is 1.02 bits per heavy atom. The third kappa shape index (κ3) is 6.58. The van der Waals surface area contributed by atoms with Crippen LogP contribution in [-0.2, 0) is 29.0 Å². The van der Waals surface area contributed by atoms with Gasteiger partial charge in [0.1, 0.15) is 6.04 Å². The molecule has 0 radical (unpaired) electrons. The molecule has 5 rings (SSSR count). The molecule has 9 nitrogen and oxygen atoms in total. The number of anilines is 1. The van der Waals surface area contributed by atoms with Gasteiger partial charge in [0.15, 0.2) is 0 Å². The van der Waals surface area contributed by atoms with Crippen molar-refractivity contribution in [3.05, 3.63) is 89.6 Å². The average Bonchev–Trinajstić information content (AvgIpc) is 3.38. The number of amides is 4. The number of aromatic nitrogens is 1. The highest BCUT2D eigenvalue weighted by Crippen LogP contribution is 2.31. The average molecular weight is 589 g/mol. The van der Waals surface area contributed by atoms with Crippen LogP contribution in [0.15, 0.2) is 72.9 Å². The highest BCUT2D eigenvalue weighted by atomic mass is 35.5. The molecule has 42 heavy (non-hydrogen) atoms. The van der Waals surface area contributed by atoms with Crippen LogP contribution in [0.25, 0.3) is 22.0 Å². The van der Waals surface area contributed by atoms with Crippen molar-refractivity contribution in [1.29, 1.82) is 0 Å². The van der Waals surface area contributed by atoms with E-state index in [1.165, 1.54) is 0 Å². The van der Waals surface area contributed by atoms with Crippen molar-refractivity contribution in [2.24, 2.45) is 5.73 Å². The summed E-state index contributed by atoms with van der Waals surface area (Å²) in [6.45, 7) is 4.23. The predicted molar refractivity (Wildman–Crippen MR) is 169 cm³/mol. The second kappa shape index (κ2) is 12.7. The fraction of sp³-hybridized carbons (Fsp3) is 0.281. The van der Waals surface area contributed by atoms with Crippen LogP contribution in [-0.4, -0.2) is 52.9 Å². The molecule has 1 aliphatic heterocycles. The normalized spacial score (nSPS) is 13.5. The summed E-state index contributed by atoms with van der Waals surface area (Å²) in [5.41, 5.74) is 11.7. The third-order valence-corrected chi connectivity index (χ3v) is 7.53. The number of rotatable bonds is 7. The zero-order chi connectivity index (χ0) is 29.1. The molecule has 0 spiro atoms. The number of benzene rings is 3. The van der Waals surface area contributed by atoms with Gasteiger partial charge >= 0.3 is 6.03 Å². The zero-order valence-electron chi connectivity index (χ0n) is 24.0. The highest BCUT2D eigenvalue weighted by Gasteiger charge is 2.32. The topological polar surface area (TPSA) is 132 Å². The van der Waals surface area contributed by atoms with Crippen molar-refractivity contribution in [2.45, 2.75) is 44.8 Å². The molecule has 0 unspecified atom stereocenters. The number of hydrogen-bond donors (Lipinski definition) is 5. The molecule has 0 fully saturated rings. The van der Waals surface area contributed by atoms with Crippen LogP contribution in [0.2, 0.25) is 0 Å². The molecule has 3 aromatic carbocycles. The molecular formula is C32H37ClN6O3. The number of H-pyrrole nitrogens is 1. The number of halogens is 1. The number of aromatic amines is 1. The van der Waals surface area contributed by atoms with Crippen LogP contribution >= 0.6 is 12.4 Å². The van der Waals surface area contributed by atoms with Crippen LogP contribution in [0.3, 0.4) is 0 Å². The van der Waals surface area contributed by atoms with E-state index in [9.17, 15) is 14.4 Å². The van der Waals surface area contributed by atoms with E-state index >= 15 is 0 Å². The van der Waals surface area contributed by atoms with Crippen LogP contribution in [0.4, 0.5) is 10.5 Å². The molecule has 0 bridgehead atoms. The summed E-state index contributed by atoms with van der Waals surface area (Å²) in [6, 6.07) is 20.7. The second-order valence-corrected chi connectivity index (χ2v) is 11.1. The summed E-state index contributed by atoms with van der Waals surface area (Å²) in [7, 11) is 1.58. The molecular weight excluding hydrogens is 552 g/mol. The molecule has 220 valence electrons. The smallest absolute Gasteiger partial charge is 0.318 e. The van der Waals surface area contributed by atoms with Gasteiger partial charge in [-0.05, 0) is 54.7 Å². The first-order valence-corrected chi connectivity index (χ1v) is 13.8. The number of carbonyl (C=O) groups excluding carboxylic acids is 3. The van der Waals surface area contributed by atoms with Crippen molar-refractivity contribution < 1.29 is 14.4 Å². The van der Waals surface area contributed by atoms with E-state index < -0.39 is 11.6 Å². The van der Waals surface area contributed by atoms with E-state index in [-0.39, 0.29) is 30.3 Å². The largest absolute Gasteiger partial charge is 0.361 e. The number of nitrogens with zero attached hydrogens (tertiary/aromatic N) is 1. The van der Waals surface area contributed by atoms with E-state index in [0.29, 0.717) is 25.9 Å². The van der Waals surface area contributed by atoms with E-state index in [2.05, 4.69) is 27.0 Å². The summed E-state index contributed by atoms with van der Waals surface area (Å²) < 4.78 is 0. The highest BCUT2D eigenvalue weighted by molar-refractivity contribution is 5.95. The van der Waals surface area contributed by atoms with Crippen molar-refractivity contribution in [3.63, 3.8) is 0 Å². The van der Waals surface area contributed by atoms with Gasteiger partial charge in [-0.1, -0.05) is 54.6 Å². The van der Waals surface area contributed by atoms with Gasteiger partial charge < -0.3 is 31.6 Å². The first kappa shape index (κ1) is 30.6. The summed E-state index contributed by atoms with van der Waals surface area (Å²) in [5.74, 6) is -0.510. The quantitative estimate of drug-likeness (QED) is 0.219. The van der Waals surface area contributed by atoms with Crippen molar-refractivity contribution in [1.82, 2.24) is 20.5 Å². The maximum absolute atomic E-state index is 13.9. The Bertz CT molecular complexity index is 1610. The Balaban J connectivity index is 0.00000405. The van der Waals surface area contributed by atoms with Gasteiger partial charge in [0.05, 0.1) is 11.2 Å². The minimum atomic E-state index is -1.12. The van der Waals surface area contributed by atoms with Gasteiger partial charge in [0, 0.05) is 49.2 Å². The molecule has 0 saturated carbocycles. The van der Waals surface area contributed by atoms with Gasteiger partial charge in [-0.15, -0.1) is 12.4 Å². The molecule has 4 aromatic rings. The van der Waals surface area contributed by atoms with E-state index in [1.807, 2.05) is 71.8 Å². The lowest BCUT2D eigenvalue weighted by atomic mass is 9.93. The Kier molecular flexibility index (Phi) is 9.23. The predicted octanol–water partition coefficient (Wildman–Crippen LogP) is 4.36. The Labute approximate surface area is 251 Å². The van der Waals surface area contributed by atoms with Gasteiger partial charge in [0.25, 0.3) is 0 Å². The minimum absolute atomic E-state index is 0. The van der Waals surface area contributed by atoms with Gasteiger partial charge in [0.2, 0.25) is 11.8 Å². The van der Waals surface area contributed by atoms with E-state index in [1.54, 1.807) is 20.9 Å². The van der Waals surface area contributed by atoms with E-state index in [0.717, 1.165) is 44.4 Å². The maximum atomic E-state index is 13.9. The second-order valence-electron chi connectivity index (χ2n) is 11.1. The molecule has 6 N–H and O–H groups in total. The molecule has 1 atom stereocenters. The molecule has 0 aliphatic carbocycles. The lowest BCUT2D eigenvalue weighted by Gasteiger charge is -2.33. The number of urea groups is 1. The fourth-order valence-corrected chi connectivity index (χ4v) is 5.22. The Morgan fingerprint density at radius 2 is 1.76 bits per heavy atom. The molecule has 0 saturated heterocycles. The first-order valence-electron chi connectivity index (χ1n) is 13.8. The number of fused-ring (bicyclic) bond motifs is 2. The fourth-order valence-electron chi connectivity index (χ4n) is 5.22. The summed E-state index contributed by atoms with van der Waals surface area (Å²) in [5, 5.41) is 9.42. The summed E-state index contributed by atoms with van der Waals surface area (Å²) in [6.07, 6.45) is 2.92. The number of carbonyl (C=O) groups is 3. The summed E-state index contributed by atoms with van der Waals surface area (Å²) >= 11 is 0.